The monoisotopic (exact) mass is 221 g/mol. The number of hydrogen-bond acceptors (Lipinski definition) is 4. The van der Waals surface area contributed by atoms with Gasteiger partial charge < -0.3 is 10.7 Å². The normalized spacial score (nSPS) is 9.36. The van der Waals surface area contributed by atoms with Gasteiger partial charge in [-0.3, -0.25) is 4.18 Å². The summed E-state index contributed by atoms with van der Waals surface area (Å²) in [5.41, 5.74) is 1.32. The second-order valence-electron chi connectivity index (χ2n) is 2.23. The zero-order valence-corrected chi connectivity index (χ0v) is 9.24. The SMILES string of the molecule is COS(=O)(=O)[O-].Cc1ccccc1.[NH4+]. The zero-order chi connectivity index (χ0) is 10.3. The minimum absolute atomic E-state index is 0. The summed E-state index contributed by atoms with van der Waals surface area (Å²) >= 11 is 0. The minimum atomic E-state index is -4.41. The first-order chi connectivity index (χ1) is 5.95. The third-order valence-electron chi connectivity index (χ3n) is 1.14. The molecule has 4 N–H and O–H groups in total. The van der Waals surface area contributed by atoms with Gasteiger partial charge in [0, 0.05) is 0 Å². The number of benzene rings is 1. The van der Waals surface area contributed by atoms with Gasteiger partial charge in [-0.15, -0.1) is 0 Å². The van der Waals surface area contributed by atoms with Crippen LogP contribution in [0.4, 0.5) is 0 Å². The molecule has 0 atom stereocenters. The van der Waals surface area contributed by atoms with Crippen molar-refractivity contribution in [3.05, 3.63) is 35.9 Å². The van der Waals surface area contributed by atoms with E-state index in [0.717, 1.165) is 7.11 Å². The zero-order valence-electron chi connectivity index (χ0n) is 8.43. The lowest BCUT2D eigenvalue weighted by molar-refractivity contribution is 0.314. The van der Waals surface area contributed by atoms with Crippen molar-refractivity contribution in [3.8, 4) is 0 Å². The van der Waals surface area contributed by atoms with Gasteiger partial charge >= 0.3 is 0 Å². The highest BCUT2D eigenvalue weighted by Gasteiger charge is 1.79. The molecule has 0 radical (unpaired) electrons. The molecular weight excluding hydrogens is 206 g/mol. The largest absolute Gasteiger partial charge is 0.726 e. The lowest BCUT2D eigenvalue weighted by atomic mass is 10.2. The van der Waals surface area contributed by atoms with Crippen LogP contribution >= 0.6 is 0 Å². The summed E-state index contributed by atoms with van der Waals surface area (Å²) < 4.78 is 31.0. The summed E-state index contributed by atoms with van der Waals surface area (Å²) in [5, 5.41) is 0. The van der Waals surface area contributed by atoms with Crippen molar-refractivity contribution in [2.24, 2.45) is 0 Å². The third kappa shape index (κ3) is 11.1. The van der Waals surface area contributed by atoms with Crippen molar-refractivity contribution in [1.82, 2.24) is 6.15 Å². The van der Waals surface area contributed by atoms with E-state index < -0.39 is 10.4 Å². The summed E-state index contributed by atoms with van der Waals surface area (Å²) in [6.07, 6.45) is 0. The first-order valence-electron chi connectivity index (χ1n) is 3.49. The highest BCUT2D eigenvalue weighted by Crippen LogP contribution is 1.92. The van der Waals surface area contributed by atoms with E-state index in [1.54, 1.807) is 0 Å². The predicted octanol–water partition coefficient (Wildman–Crippen LogP) is 1.46. The van der Waals surface area contributed by atoms with Crippen LogP contribution in [0.5, 0.6) is 0 Å². The highest BCUT2D eigenvalue weighted by molar-refractivity contribution is 7.80. The van der Waals surface area contributed by atoms with Crippen LogP contribution in [0.25, 0.3) is 0 Å². The van der Waals surface area contributed by atoms with Gasteiger partial charge in [0.15, 0.2) is 0 Å². The number of hydrogen-bond donors (Lipinski definition) is 1. The van der Waals surface area contributed by atoms with Crippen LogP contribution in [0, 0.1) is 6.92 Å². The van der Waals surface area contributed by atoms with E-state index >= 15 is 0 Å². The Labute approximate surface area is 84.3 Å². The maximum Gasteiger partial charge on any atom is 0.217 e. The molecule has 0 saturated heterocycles. The van der Waals surface area contributed by atoms with Crippen LogP contribution in [0.1, 0.15) is 5.56 Å². The average Bonchev–Trinajstić information content (AvgIpc) is 2.06. The summed E-state index contributed by atoms with van der Waals surface area (Å²) in [7, 11) is -3.60. The molecule has 0 unspecified atom stereocenters. The fourth-order valence-electron chi connectivity index (χ4n) is 0.534. The fourth-order valence-corrected chi connectivity index (χ4v) is 0.534. The van der Waals surface area contributed by atoms with Gasteiger partial charge in [0.25, 0.3) is 0 Å². The molecule has 0 saturated carbocycles. The van der Waals surface area contributed by atoms with Crippen LogP contribution in [-0.2, 0) is 14.6 Å². The molecule has 0 aliphatic heterocycles. The van der Waals surface area contributed by atoms with Gasteiger partial charge in [-0.25, -0.2) is 8.42 Å². The minimum Gasteiger partial charge on any atom is -0.726 e. The molecule has 0 bridgehead atoms. The van der Waals surface area contributed by atoms with Crippen molar-refractivity contribution in [3.63, 3.8) is 0 Å². The Balaban J connectivity index is 0. The molecule has 0 heterocycles. The molecule has 1 aromatic carbocycles. The van der Waals surface area contributed by atoms with Crippen molar-refractivity contribution in [1.29, 1.82) is 0 Å². The predicted molar refractivity (Wildman–Crippen MR) is 53.9 cm³/mol. The van der Waals surface area contributed by atoms with Crippen LogP contribution in [0.2, 0.25) is 0 Å². The topological polar surface area (TPSA) is 103 Å². The van der Waals surface area contributed by atoms with Crippen molar-refractivity contribution in [2.75, 3.05) is 7.11 Å². The second kappa shape index (κ2) is 7.45. The molecule has 0 fully saturated rings. The molecule has 82 valence electrons. The molecule has 0 spiro atoms. The van der Waals surface area contributed by atoms with Gasteiger partial charge in [-0.2, -0.15) is 0 Å². The molecule has 0 aliphatic carbocycles. The lowest BCUT2D eigenvalue weighted by Gasteiger charge is -1.98. The molecule has 5 nitrogen and oxygen atoms in total. The summed E-state index contributed by atoms with van der Waals surface area (Å²) in [4.78, 5) is 0. The maximum atomic E-state index is 9.22. The van der Waals surface area contributed by atoms with E-state index in [2.05, 4.69) is 23.2 Å². The van der Waals surface area contributed by atoms with E-state index in [9.17, 15) is 13.0 Å². The van der Waals surface area contributed by atoms with Crippen LogP contribution in [-0.4, -0.2) is 20.1 Å². The van der Waals surface area contributed by atoms with Gasteiger partial charge in [-0.05, 0) is 6.92 Å². The third-order valence-corrected chi connectivity index (χ3v) is 1.55. The van der Waals surface area contributed by atoms with Crippen LogP contribution < -0.4 is 6.15 Å². The Morgan fingerprint density at radius 1 is 1.21 bits per heavy atom. The molecule has 14 heavy (non-hydrogen) atoms. The summed E-state index contributed by atoms with van der Waals surface area (Å²) in [6, 6.07) is 10.3. The molecule has 0 aromatic heterocycles. The molecule has 1 rings (SSSR count). The molecule has 0 aliphatic rings. The van der Waals surface area contributed by atoms with E-state index in [1.807, 2.05) is 18.2 Å². The van der Waals surface area contributed by atoms with Crippen LogP contribution in [0.3, 0.4) is 0 Å². The quantitative estimate of drug-likeness (QED) is 0.572. The second-order valence-corrected chi connectivity index (χ2v) is 3.38. The summed E-state index contributed by atoms with van der Waals surface area (Å²) in [6.45, 7) is 2.08. The van der Waals surface area contributed by atoms with E-state index in [4.69, 9.17) is 0 Å². The first-order valence-corrected chi connectivity index (χ1v) is 4.82. The van der Waals surface area contributed by atoms with Crippen molar-refractivity contribution < 1.29 is 17.2 Å². The lowest BCUT2D eigenvalue weighted by Crippen LogP contribution is -1.97. The van der Waals surface area contributed by atoms with E-state index in [1.165, 1.54) is 5.56 Å². The first kappa shape index (κ1) is 15.5. The fraction of sp³-hybridized carbons (Fsp3) is 0.250. The van der Waals surface area contributed by atoms with Crippen molar-refractivity contribution >= 4 is 10.4 Å². The van der Waals surface area contributed by atoms with E-state index in [0.29, 0.717) is 0 Å². The Bertz CT molecular complexity index is 322. The van der Waals surface area contributed by atoms with Gasteiger partial charge in [0.2, 0.25) is 10.4 Å². The number of quaternary nitrogens is 1. The smallest absolute Gasteiger partial charge is 0.217 e. The summed E-state index contributed by atoms with van der Waals surface area (Å²) in [5.74, 6) is 0. The van der Waals surface area contributed by atoms with Crippen LogP contribution in [0.15, 0.2) is 30.3 Å². The Morgan fingerprint density at radius 3 is 1.71 bits per heavy atom. The Morgan fingerprint density at radius 2 is 1.57 bits per heavy atom. The highest BCUT2D eigenvalue weighted by atomic mass is 32.3. The average molecular weight is 221 g/mol. The standard InChI is InChI=1S/C7H8.CH4O4S.H3N/c1-7-5-3-2-4-6-7;1-5-6(2,3)4;/h2-6H,1H3;1H3,(H,2,3,4);1H3. The number of rotatable bonds is 1. The van der Waals surface area contributed by atoms with Crippen molar-refractivity contribution in [2.45, 2.75) is 6.92 Å². The van der Waals surface area contributed by atoms with Gasteiger partial charge in [0.05, 0.1) is 7.11 Å². The molecule has 0 amide bonds. The van der Waals surface area contributed by atoms with Gasteiger partial charge in [0.1, 0.15) is 0 Å². The van der Waals surface area contributed by atoms with Gasteiger partial charge in [-0.1, -0.05) is 35.9 Å². The maximum absolute atomic E-state index is 9.22. The Kier molecular flexibility index (Phi) is 8.26. The van der Waals surface area contributed by atoms with E-state index in [-0.39, 0.29) is 6.15 Å². The molecule has 1 aromatic rings. The molecule has 6 heteroatoms. The number of aryl methyl sites for hydroxylation is 1. The molecular formula is C8H15NO4S. The Hall–Kier alpha value is -0.950.